The highest BCUT2D eigenvalue weighted by molar-refractivity contribution is 5.90. The van der Waals surface area contributed by atoms with E-state index in [1.807, 2.05) is 42.5 Å². The third kappa shape index (κ3) is 3.88. The maximum atomic E-state index is 12.7. The van der Waals surface area contributed by atoms with Gasteiger partial charge in [0.05, 0.1) is 11.4 Å². The molecule has 158 valence electrons. The Morgan fingerprint density at radius 3 is 2.69 bits per heavy atom. The Morgan fingerprint density at radius 1 is 1.06 bits per heavy atom. The first-order chi connectivity index (χ1) is 15.7. The van der Waals surface area contributed by atoms with Crippen LogP contribution in [0.5, 0.6) is 0 Å². The number of nitrogens with one attached hydrogen (secondary N) is 1. The molecule has 2 aromatic heterocycles. The summed E-state index contributed by atoms with van der Waals surface area (Å²) < 4.78 is 3.13. The van der Waals surface area contributed by atoms with E-state index in [1.54, 1.807) is 4.68 Å². The molecule has 0 unspecified atom stereocenters. The number of para-hydroxylation sites is 1. The Kier molecular flexibility index (Phi) is 5.22. The van der Waals surface area contributed by atoms with Crippen molar-refractivity contribution < 1.29 is 4.79 Å². The zero-order chi connectivity index (χ0) is 21.9. The van der Waals surface area contributed by atoms with Crippen LogP contribution in [-0.2, 0) is 24.2 Å². The van der Waals surface area contributed by atoms with Crippen molar-refractivity contribution in [2.75, 3.05) is 5.32 Å². The fraction of sp³-hybridized carbons (Fsp3) is 0.208. The predicted molar refractivity (Wildman–Crippen MR) is 119 cm³/mol. The topological polar surface area (TPSA) is 101 Å². The molecule has 0 aliphatic heterocycles. The van der Waals surface area contributed by atoms with Crippen molar-refractivity contribution in [1.29, 1.82) is 5.26 Å². The molecule has 8 nitrogen and oxygen atoms in total. The third-order valence-corrected chi connectivity index (χ3v) is 5.65. The molecule has 8 heteroatoms. The van der Waals surface area contributed by atoms with Crippen LogP contribution in [-0.4, -0.2) is 30.5 Å². The highest BCUT2D eigenvalue weighted by Crippen LogP contribution is 2.29. The number of benzene rings is 2. The largest absolute Gasteiger partial charge is 0.309 e. The summed E-state index contributed by atoms with van der Waals surface area (Å²) in [5.74, 6) is 0.349. The van der Waals surface area contributed by atoms with Gasteiger partial charge in [0.1, 0.15) is 24.8 Å². The Bertz CT molecular complexity index is 1310. The highest BCUT2D eigenvalue weighted by Gasteiger charge is 2.17. The number of rotatable bonds is 5. The molecule has 4 aromatic rings. The first kappa shape index (κ1) is 19.7. The second-order valence-electron chi connectivity index (χ2n) is 7.80. The Balaban J connectivity index is 1.48. The molecule has 0 radical (unpaired) electrons. The van der Waals surface area contributed by atoms with E-state index < -0.39 is 0 Å². The van der Waals surface area contributed by atoms with Crippen LogP contribution in [0, 0.1) is 11.3 Å². The second-order valence-corrected chi connectivity index (χ2v) is 7.80. The molecule has 2 heterocycles. The summed E-state index contributed by atoms with van der Waals surface area (Å²) in [6, 6.07) is 20.0. The standard InChI is InChI=1S/C24H21N7O/c25-14-23-28-26-16-30(23)15-24(32)27-22-13-21(29-31(22)20-8-2-1-3-9-20)19-11-10-17-6-4-5-7-18(17)12-19/h1-3,8-13,16H,4-7,15H2,(H,27,32). The molecule has 0 saturated carbocycles. The SMILES string of the molecule is N#Cc1nncn1CC(=O)Nc1cc(-c2ccc3c(c2)CCCC3)nn1-c1ccccc1. The summed E-state index contributed by atoms with van der Waals surface area (Å²) in [6.07, 6.45) is 6.04. The van der Waals surface area contributed by atoms with E-state index in [2.05, 4.69) is 33.7 Å². The zero-order valence-electron chi connectivity index (χ0n) is 17.4. The summed E-state index contributed by atoms with van der Waals surface area (Å²) in [4.78, 5) is 12.7. The number of aryl methyl sites for hydroxylation is 2. The number of nitriles is 1. The van der Waals surface area contributed by atoms with Crippen molar-refractivity contribution in [2.45, 2.75) is 32.2 Å². The zero-order valence-corrected chi connectivity index (χ0v) is 17.4. The van der Waals surface area contributed by atoms with Gasteiger partial charge in [0.25, 0.3) is 0 Å². The van der Waals surface area contributed by atoms with Crippen molar-refractivity contribution in [1.82, 2.24) is 24.5 Å². The molecule has 5 rings (SSSR count). The summed E-state index contributed by atoms with van der Waals surface area (Å²) in [7, 11) is 0. The van der Waals surface area contributed by atoms with Crippen LogP contribution in [0.4, 0.5) is 5.82 Å². The summed E-state index contributed by atoms with van der Waals surface area (Å²) in [6.45, 7) is -0.0654. The lowest BCUT2D eigenvalue weighted by Crippen LogP contribution is -2.21. The monoisotopic (exact) mass is 423 g/mol. The number of hydrogen-bond acceptors (Lipinski definition) is 5. The minimum absolute atomic E-state index is 0.0654. The number of carbonyl (C=O) groups excluding carboxylic acids is 1. The fourth-order valence-corrected chi connectivity index (χ4v) is 4.06. The van der Waals surface area contributed by atoms with Gasteiger partial charge in [0, 0.05) is 11.6 Å². The van der Waals surface area contributed by atoms with Crippen LogP contribution in [0.25, 0.3) is 16.9 Å². The van der Waals surface area contributed by atoms with Crippen molar-refractivity contribution in [3.8, 4) is 23.0 Å². The van der Waals surface area contributed by atoms with Gasteiger partial charge in [-0.1, -0.05) is 30.3 Å². The van der Waals surface area contributed by atoms with Crippen molar-refractivity contribution in [3.63, 3.8) is 0 Å². The van der Waals surface area contributed by atoms with Gasteiger partial charge in [0.15, 0.2) is 0 Å². The Morgan fingerprint density at radius 2 is 1.88 bits per heavy atom. The summed E-state index contributed by atoms with van der Waals surface area (Å²) in [5.41, 5.74) is 5.46. The van der Waals surface area contributed by atoms with Gasteiger partial charge in [-0.2, -0.15) is 10.4 Å². The minimum Gasteiger partial charge on any atom is -0.309 e. The molecule has 0 bridgehead atoms. The lowest BCUT2D eigenvalue weighted by molar-refractivity contribution is -0.116. The van der Waals surface area contributed by atoms with E-state index in [0.29, 0.717) is 5.82 Å². The van der Waals surface area contributed by atoms with Gasteiger partial charge in [-0.15, -0.1) is 10.2 Å². The molecule has 2 aromatic carbocycles. The maximum absolute atomic E-state index is 12.7. The second kappa shape index (κ2) is 8.47. The molecule has 0 spiro atoms. The minimum atomic E-state index is -0.296. The third-order valence-electron chi connectivity index (χ3n) is 5.65. The normalized spacial score (nSPS) is 12.7. The molecule has 1 aliphatic carbocycles. The molecule has 0 fully saturated rings. The fourth-order valence-electron chi connectivity index (χ4n) is 4.06. The van der Waals surface area contributed by atoms with Gasteiger partial charge in [-0.3, -0.25) is 9.36 Å². The average molecular weight is 423 g/mol. The van der Waals surface area contributed by atoms with E-state index >= 15 is 0 Å². The number of fused-ring (bicyclic) bond motifs is 1. The number of amides is 1. The van der Waals surface area contributed by atoms with E-state index in [1.165, 1.54) is 34.9 Å². The smallest absolute Gasteiger partial charge is 0.245 e. The van der Waals surface area contributed by atoms with Gasteiger partial charge >= 0.3 is 0 Å². The number of anilines is 1. The highest BCUT2D eigenvalue weighted by atomic mass is 16.2. The summed E-state index contributed by atoms with van der Waals surface area (Å²) >= 11 is 0. The van der Waals surface area contributed by atoms with Gasteiger partial charge in [0.2, 0.25) is 11.7 Å². The Hall–Kier alpha value is -4.25. The van der Waals surface area contributed by atoms with Crippen LogP contribution in [0.15, 0.2) is 60.9 Å². The first-order valence-corrected chi connectivity index (χ1v) is 10.6. The van der Waals surface area contributed by atoms with Crippen LogP contribution >= 0.6 is 0 Å². The van der Waals surface area contributed by atoms with Crippen LogP contribution < -0.4 is 5.32 Å². The summed E-state index contributed by atoms with van der Waals surface area (Å²) in [5, 5.41) is 24.2. The van der Waals surface area contributed by atoms with Gasteiger partial charge in [-0.05, 0) is 55.0 Å². The number of aromatic nitrogens is 5. The van der Waals surface area contributed by atoms with Crippen molar-refractivity contribution in [3.05, 3.63) is 77.9 Å². The quantitative estimate of drug-likeness (QED) is 0.529. The Labute approximate surface area is 185 Å². The molecular formula is C24H21N7O. The molecule has 1 amide bonds. The molecule has 1 aliphatic rings. The molecule has 1 N–H and O–H groups in total. The van der Waals surface area contributed by atoms with Crippen molar-refractivity contribution in [2.24, 2.45) is 0 Å². The van der Waals surface area contributed by atoms with E-state index in [0.717, 1.165) is 29.8 Å². The number of nitrogens with zero attached hydrogens (tertiary/aromatic N) is 6. The first-order valence-electron chi connectivity index (χ1n) is 10.6. The molecule has 32 heavy (non-hydrogen) atoms. The lowest BCUT2D eigenvalue weighted by atomic mass is 9.90. The lowest BCUT2D eigenvalue weighted by Gasteiger charge is -2.16. The number of hydrogen-bond donors (Lipinski definition) is 1. The van der Waals surface area contributed by atoms with Gasteiger partial charge in [-0.25, -0.2) is 4.68 Å². The van der Waals surface area contributed by atoms with Crippen molar-refractivity contribution >= 4 is 11.7 Å². The predicted octanol–water partition coefficient (Wildman–Crippen LogP) is 3.52. The molecule has 0 saturated heterocycles. The van der Waals surface area contributed by atoms with Gasteiger partial charge < -0.3 is 5.32 Å². The average Bonchev–Trinajstić information content (AvgIpc) is 3.46. The van der Waals surface area contributed by atoms with Crippen LogP contribution in [0.1, 0.15) is 29.8 Å². The van der Waals surface area contributed by atoms with Crippen LogP contribution in [0.3, 0.4) is 0 Å². The molecule has 0 atom stereocenters. The number of carbonyl (C=O) groups is 1. The van der Waals surface area contributed by atoms with E-state index in [-0.39, 0.29) is 18.3 Å². The molecular weight excluding hydrogens is 402 g/mol. The van der Waals surface area contributed by atoms with Crippen LogP contribution in [0.2, 0.25) is 0 Å². The van der Waals surface area contributed by atoms with E-state index in [9.17, 15) is 4.79 Å². The maximum Gasteiger partial charge on any atom is 0.245 e. The van der Waals surface area contributed by atoms with E-state index in [4.69, 9.17) is 10.4 Å².